The van der Waals surface area contributed by atoms with Crippen LogP contribution >= 0.6 is 0 Å². The van der Waals surface area contributed by atoms with Gasteiger partial charge in [0.05, 0.1) is 25.0 Å². The molecular formula is C9H10N6O2. The van der Waals surface area contributed by atoms with Crippen LogP contribution in [-0.2, 0) is 11.3 Å². The SMILES string of the molecule is CCOC(=O)c1nnnn1Cc1cnccn1. The number of carbonyl (C=O) groups excluding carboxylic acids is 1. The molecule has 8 nitrogen and oxygen atoms in total. The fraction of sp³-hybridized carbons (Fsp3) is 0.333. The maximum atomic E-state index is 11.5. The first-order chi connectivity index (χ1) is 8.31. The van der Waals surface area contributed by atoms with Crippen molar-refractivity contribution in [2.75, 3.05) is 6.61 Å². The van der Waals surface area contributed by atoms with Crippen molar-refractivity contribution in [1.29, 1.82) is 0 Å². The largest absolute Gasteiger partial charge is 0.460 e. The zero-order chi connectivity index (χ0) is 12.1. The van der Waals surface area contributed by atoms with Crippen molar-refractivity contribution >= 4 is 5.97 Å². The Morgan fingerprint density at radius 2 is 2.35 bits per heavy atom. The average molecular weight is 234 g/mol. The van der Waals surface area contributed by atoms with Crippen LogP contribution in [0, 0.1) is 0 Å². The van der Waals surface area contributed by atoms with E-state index in [1.165, 1.54) is 4.68 Å². The van der Waals surface area contributed by atoms with Gasteiger partial charge in [0.2, 0.25) is 0 Å². The van der Waals surface area contributed by atoms with E-state index in [0.717, 1.165) is 0 Å². The second kappa shape index (κ2) is 5.10. The lowest BCUT2D eigenvalue weighted by Crippen LogP contribution is -2.15. The van der Waals surface area contributed by atoms with Crippen molar-refractivity contribution in [3.05, 3.63) is 30.1 Å². The van der Waals surface area contributed by atoms with Gasteiger partial charge in [0.1, 0.15) is 0 Å². The van der Waals surface area contributed by atoms with E-state index < -0.39 is 5.97 Å². The molecule has 0 amide bonds. The molecule has 0 atom stereocenters. The second-order valence-electron chi connectivity index (χ2n) is 3.08. The minimum atomic E-state index is -0.554. The van der Waals surface area contributed by atoms with E-state index >= 15 is 0 Å². The quantitative estimate of drug-likeness (QED) is 0.669. The molecule has 8 heteroatoms. The fourth-order valence-corrected chi connectivity index (χ4v) is 1.22. The van der Waals surface area contributed by atoms with Gasteiger partial charge in [-0.15, -0.1) is 5.10 Å². The van der Waals surface area contributed by atoms with Gasteiger partial charge in [0.15, 0.2) is 0 Å². The van der Waals surface area contributed by atoms with Crippen LogP contribution in [0.2, 0.25) is 0 Å². The van der Waals surface area contributed by atoms with Crippen molar-refractivity contribution in [3.63, 3.8) is 0 Å². The summed E-state index contributed by atoms with van der Waals surface area (Å²) in [6.07, 6.45) is 4.70. The molecule has 2 heterocycles. The lowest BCUT2D eigenvalue weighted by molar-refractivity contribution is 0.0505. The summed E-state index contributed by atoms with van der Waals surface area (Å²) >= 11 is 0. The highest BCUT2D eigenvalue weighted by Crippen LogP contribution is 2.00. The molecule has 0 fully saturated rings. The van der Waals surface area contributed by atoms with Crippen LogP contribution in [0.15, 0.2) is 18.6 Å². The van der Waals surface area contributed by atoms with Crippen LogP contribution in [0.25, 0.3) is 0 Å². The molecule has 0 aliphatic carbocycles. The predicted octanol–water partition coefficient (Wildman–Crippen LogP) is -0.312. The number of carbonyl (C=O) groups is 1. The Labute approximate surface area is 96.6 Å². The van der Waals surface area contributed by atoms with E-state index in [1.54, 1.807) is 25.5 Å². The van der Waals surface area contributed by atoms with E-state index in [9.17, 15) is 4.79 Å². The average Bonchev–Trinajstić information content (AvgIpc) is 2.79. The fourth-order valence-electron chi connectivity index (χ4n) is 1.22. The Bertz CT molecular complexity index is 497. The summed E-state index contributed by atoms with van der Waals surface area (Å²) in [5.41, 5.74) is 0.658. The van der Waals surface area contributed by atoms with Gasteiger partial charge in [0, 0.05) is 12.4 Å². The topological polar surface area (TPSA) is 95.7 Å². The number of aromatic nitrogens is 6. The Kier molecular flexibility index (Phi) is 3.34. The van der Waals surface area contributed by atoms with Crippen LogP contribution in [0.4, 0.5) is 0 Å². The zero-order valence-corrected chi connectivity index (χ0v) is 9.15. The van der Waals surface area contributed by atoms with Crippen molar-refractivity contribution in [1.82, 2.24) is 30.2 Å². The number of hydrogen-bond donors (Lipinski definition) is 0. The number of rotatable bonds is 4. The Hall–Kier alpha value is -2.38. The number of hydrogen-bond acceptors (Lipinski definition) is 7. The molecule has 0 saturated heterocycles. The highest BCUT2D eigenvalue weighted by atomic mass is 16.5. The summed E-state index contributed by atoms with van der Waals surface area (Å²) in [7, 11) is 0. The van der Waals surface area contributed by atoms with Gasteiger partial charge in [-0.1, -0.05) is 0 Å². The highest BCUT2D eigenvalue weighted by molar-refractivity contribution is 5.85. The smallest absolute Gasteiger partial charge is 0.378 e. The maximum Gasteiger partial charge on any atom is 0.378 e. The molecule has 0 aliphatic heterocycles. The van der Waals surface area contributed by atoms with Gasteiger partial charge < -0.3 is 4.74 Å². The summed E-state index contributed by atoms with van der Waals surface area (Å²) in [5, 5.41) is 10.7. The normalized spacial score (nSPS) is 10.2. The molecule has 2 aromatic heterocycles. The van der Waals surface area contributed by atoms with Crippen LogP contribution in [-0.4, -0.2) is 42.8 Å². The second-order valence-corrected chi connectivity index (χ2v) is 3.08. The van der Waals surface area contributed by atoms with Gasteiger partial charge in [-0.05, 0) is 17.4 Å². The number of esters is 1. The molecule has 0 bridgehead atoms. The lowest BCUT2D eigenvalue weighted by atomic mass is 10.4. The van der Waals surface area contributed by atoms with Crippen molar-refractivity contribution in [3.8, 4) is 0 Å². The first-order valence-corrected chi connectivity index (χ1v) is 4.99. The van der Waals surface area contributed by atoms with Crippen LogP contribution < -0.4 is 0 Å². The number of tetrazole rings is 1. The van der Waals surface area contributed by atoms with E-state index in [-0.39, 0.29) is 19.0 Å². The summed E-state index contributed by atoms with van der Waals surface area (Å²) in [6, 6.07) is 0. The van der Waals surface area contributed by atoms with E-state index in [0.29, 0.717) is 5.69 Å². The molecule has 0 aromatic carbocycles. The Morgan fingerprint density at radius 3 is 3.06 bits per heavy atom. The summed E-state index contributed by atoms with van der Waals surface area (Å²) in [6.45, 7) is 2.26. The van der Waals surface area contributed by atoms with Crippen LogP contribution in [0.3, 0.4) is 0 Å². The van der Waals surface area contributed by atoms with Crippen LogP contribution in [0.5, 0.6) is 0 Å². The van der Waals surface area contributed by atoms with E-state index in [2.05, 4.69) is 25.5 Å². The lowest BCUT2D eigenvalue weighted by Gasteiger charge is -2.02. The molecule has 0 unspecified atom stereocenters. The molecule has 0 aliphatic rings. The Balaban J connectivity index is 2.17. The summed E-state index contributed by atoms with van der Waals surface area (Å²) < 4.78 is 6.15. The van der Waals surface area contributed by atoms with Crippen molar-refractivity contribution < 1.29 is 9.53 Å². The summed E-state index contributed by atoms with van der Waals surface area (Å²) in [5.74, 6) is -0.501. The molecule has 0 N–H and O–H groups in total. The third-order valence-electron chi connectivity index (χ3n) is 1.92. The van der Waals surface area contributed by atoms with Gasteiger partial charge in [-0.25, -0.2) is 9.48 Å². The molecule has 0 spiro atoms. The zero-order valence-electron chi connectivity index (χ0n) is 9.15. The predicted molar refractivity (Wildman–Crippen MR) is 54.9 cm³/mol. The van der Waals surface area contributed by atoms with Crippen molar-refractivity contribution in [2.45, 2.75) is 13.5 Å². The first-order valence-electron chi connectivity index (χ1n) is 4.99. The Morgan fingerprint density at radius 1 is 1.47 bits per heavy atom. The number of ether oxygens (including phenoxy) is 1. The molecule has 0 saturated carbocycles. The third-order valence-corrected chi connectivity index (χ3v) is 1.92. The molecule has 17 heavy (non-hydrogen) atoms. The van der Waals surface area contributed by atoms with Gasteiger partial charge in [0.25, 0.3) is 5.82 Å². The maximum absolute atomic E-state index is 11.5. The molecule has 0 radical (unpaired) electrons. The molecule has 2 rings (SSSR count). The number of nitrogens with zero attached hydrogens (tertiary/aromatic N) is 6. The molecule has 88 valence electrons. The molecular weight excluding hydrogens is 224 g/mol. The van der Waals surface area contributed by atoms with E-state index in [1.807, 2.05) is 0 Å². The standard InChI is InChI=1S/C9H10N6O2/c1-2-17-9(16)8-12-13-14-15(8)6-7-5-10-3-4-11-7/h3-5H,2,6H2,1H3. The minimum Gasteiger partial charge on any atom is -0.460 e. The minimum absolute atomic E-state index is 0.0532. The van der Waals surface area contributed by atoms with Gasteiger partial charge >= 0.3 is 5.97 Å². The van der Waals surface area contributed by atoms with Crippen LogP contribution in [0.1, 0.15) is 23.2 Å². The monoisotopic (exact) mass is 234 g/mol. The highest BCUT2D eigenvalue weighted by Gasteiger charge is 2.16. The van der Waals surface area contributed by atoms with Gasteiger partial charge in [-0.3, -0.25) is 9.97 Å². The molecule has 2 aromatic rings. The first kappa shape index (κ1) is 11.1. The van der Waals surface area contributed by atoms with Gasteiger partial charge in [-0.2, -0.15) is 0 Å². The third kappa shape index (κ3) is 2.60. The summed E-state index contributed by atoms with van der Waals surface area (Å²) in [4.78, 5) is 19.5. The van der Waals surface area contributed by atoms with E-state index in [4.69, 9.17) is 4.74 Å². The van der Waals surface area contributed by atoms with Crippen molar-refractivity contribution in [2.24, 2.45) is 0 Å².